The van der Waals surface area contributed by atoms with E-state index >= 15 is 0 Å². The zero-order valence-corrected chi connectivity index (χ0v) is 11.2. The Bertz CT molecular complexity index is 593. The summed E-state index contributed by atoms with van der Waals surface area (Å²) in [4.78, 5) is 12.2. The van der Waals surface area contributed by atoms with Gasteiger partial charge in [0, 0.05) is 18.3 Å². The number of para-hydroxylation sites is 1. The fourth-order valence-electron chi connectivity index (χ4n) is 2.58. The van der Waals surface area contributed by atoms with E-state index in [1.165, 1.54) is 0 Å². The van der Waals surface area contributed by atoms with Crippen LogP contribution in [0.3, 0.4) is 0 Å². The molecule has 1 aliphatic carbocycles. The van der Waals surface area contributed by atoms with Gasteiger partial charge in [-0.3, -0.25) is 4.79 Å². The number of hydrogen-bond acceptors (Lipinski definition) is 3. The van der Waals surface area contributed by atoms with Gasteiger partial charge in [0.2, 0.25) is 0 Å². The van der Waals surface area contributed by atoms with Crippen molar-refractivity contribution in [3.05, 3.63) is 48.3 Å². The van der Waals surface area contributed by atoms with Gasteiger partial charge in [0.1, 0.15) is 0 Å². The molecule has 2 atom stereocenters. The molecule has 5 heteroatoms. The summed E-state index contributed by atoms with van der Waals surface area (Å²) in [6, 6.07) is 9.87. The van der Waals surface area contributed by atoms with Crippen LogP contribution in [0.15, 0.2) is 42.7 Å². The second kappa shape index (κ2) is 5.46. The van der Waals surface area contributed by atoms with Crippen molar-refractivity contribution >= 4 is 5.91 Å². The van der Waals surface area contributed by atoms with Gasteiger partial charge >= 0.3 is 0 Å². The van der Waals surface area contributed by atoms with Crippen LogP contribution < -0.4 is 11.1 Å². The number of carbonyl (C=O) groups is 1. The third-order valence-electron chi connectivity index (χ3n) is 3.75. The lowest BCUT2D eigenvalue weighted by Crippen LogP contribution is -2.43. The lowest BCUT2D eigenvalue weighted by Gasteiger charge is -2.16. The van der Waals surface area contributed by atoms with Gasteiger partial charge in [0.15, 0.2) is 0 Å². The SMILES string of the molecule is NC1CCCC1NC(=O)c1cnn(-c2ccccc2)c1. The number of rotatable bonds is 3. The number of nitrogens with zero attached hydrogens (tertiary/aromatic N) is 2. The Morgan fingerprint density at radius 2 is 2.10 bits per heavy atom. The minimum absolute atomic E-state index is 0.0723. The van der Waals surface area contributed by atoms with Crippen molar-refractivity contribution in [3.63, 3.8) is 0 Å². The third-order valence-corrected chi connectivity index (χ3v) is 3.75. The second-order valence-corrected chi connectivity index (χ2v) is 5.18. The van der Waals surface area contributed by atoms with Crippen LogP contribution in [0.4, 0.5) is 0 Å². The predicted octanol–water partition coefficient (Wildman–Crippen LogP) is 1.48. The predicted molar refractivity (Wildman–Crippen MR) is 76.6 cm³/mol. The van der Waals surface area contributed by atoms with Crippen LogP contribution in [0.25, 0.3) is 5.69 Å². The Labute approximate surface area is 117 Å². The number of amides is 1. The Morgan fingerprint density at radius 1 is 1.30 bits per heavy atom. The van der Waals surface area contributed by atoms with Crippen molar-refractivity contribution in [1.82, 2.24) is 15.1 Å². The number of hydrogen-bond donors (Lipinski definition) is 2. The first-order valence-electron chi connectivity index (χ1n) is 6.90. The molecule has 0 spiro atoms. The summed E-state index contributed by atoms with van der Waals surface area (Å²) in [7, 11) is 0. The van der Waals surface area contributed by atoms with Gasteiger partial charge in [-0.1, -0.05) is 18.2 Å². The molecule has 0 saturated heterocycles. The third kappa shape index (κ3) is 2.58. The quantitative estimate of drug-likeness (QED) is 0.887. The van der Waals surface area contributed by atoms with Gasteiger partial charge in [-0.25, -0.2) is 4.68 Å². The fraction of sp³-hybridized carbons (Fsp3) is 0.333. The first-order valence-corrected chi connectivity index (χ1v) is 6.90. The molecular weight excluding hydrogens is 252 g/mol. The largest absolute Gasteiger partial charge is 0.348 e. The topological polar surface area (TPSA) is 72.9 Å². The van der Waals surface area contributed by atoms with Gasteiger partial charge in [0.25, 0.3) is 5.91 Å². The average molecular weight is 270 g/mol. The molecule has 1 aliphatic rings. The lowest BCUT2D eigenvalue weighted by atomic mass is 10.2. The van der Waals surface area contributed by atoms with E-state index < -0.39 is 0 Å². The maximum atomic E-state index is 12.2. The number of carbonyl (C=O) groups excluding carboxylic acids is 1. The van der Waals surface area contributed by atoms with Crippen LogP contribution in [0.1, 0.15) is 29.6 Å². The van der Waals surface area contributed by atoms with E-state index in [1.54, 1.807) is 17.1 Å². The molecule has 104 valence electrons. The second-order valence-electron chi connectivity index (χ2n) is 5.18. The number of aromatic nitrogens is 2. The molecule has 1 saturated carbocycles. The molecule has 1 heterocycles. The molecule has 0 radical (unpaired) electrons. The summed E-state index contributed by atoms with van der Waals surface area (Å²) >= 11 is 0. The van der Waals surface area contributed by atoms with E-state index in [0.717, 1.165) is 24.9 Å². The van der Waals surface area contributed by atoms with Crippen molar-refractivity contribution in [2.24, 2.45) is 5.73 Å². The molecule has 0 bridgehead atoms. The number of benzene rings is 1. The number of nitrogens with one attached hydrogen (secondary N) is 1. The normalized spacial score (nSPS) is 21.9. The monoisotopic (exact) mass is 270 g/mol. The molecule has 20 heavy (non-hydrogen) atoms. The Balaban J connectivity index is 1.72. The fourth-order valence-corrected chi connectivity index (χ4v) is 2.58. The highest BCUT2D eigenvalue weighted by Gasteiger charge is 2.25. The van der Waals surface area contributed by atoms with Crippen molar-refractivity contribution in [3.8, 4) is 5.69 Å². The van der Waals surface area contributed by atoms with E-state index in [-0.39, 0.29) is 18.0 Å². The van der Waals surface area contributed by atoms with E-state index in [9.17, 15) is 4.79 Å². The van der Waals surface area contributed by atoms with Crippen molar-refractivity contribution < 1.29 is 4.79 Å². The molecule has 1 aromatic carbocycles. The summed E-state index contributed by atoms with van der Waals surface area (Å²) in [6.45, 7) is 0. The highest BCUT2D eigenvalue weighted by Crippen LogP contribution is 2.17. The molecule has 5 nitrogen and oxygen atoms in total. The molecular formula is C15H18N4O. The van der Waals surface area contributed by atoms with Gasteiger partial charge in [-0.15, -0.1) is 0 Å². The van der Waals surface area contributed by atoms with Crippen LogP contribution >= 0.6 is 0 Å². The Kier molecular flexibility index (Phi) is 3.52. The van der Waals surface area contributed by atoms with Crippen molar-refractivity contribution in [2.75, 3.05) is 0 Å². The standard InChI is InChI=1S/C15H18N4O/c16-13-7-4-8-14(13)18-15(20)11-9-17-19(10-11)12-5-2-1-3-6-12/h1-3,5-6,9-10,13-14H,4,7-8,16H2,(H,18,20). The van der Waals surface area contributed by atoms with Crippen LogP contribution in [0.2, 0.25) is 0 Å². The molecule has 3 rings (SSSR count). The highest BCUT2D eigenvalue weighted by molar-refractivity contribution is 5.94. The maximum Gasteiger partial charge on any atom is 0.254 e. The molecule has 1 amide bonds. The first kappa shape index (κ1) is 12.9. The zero-order valence-electron chi connectivity index (χ0n) is 11.2. The van der Waals surface area contributed by atoms with Gasteiger partial charge in [-0.2, -0.15) is 5.10 Å². The Morgan fingerprint density at radius 3 is 2.80 bits per heavy atom. The lowest BCUT2D eigenvalue weighted by molar-refractivity contribution is 0.0934. The molecule has 2 unspecified atom stereocenters. The Hall–Kier alpha value is -2.14. The zero-order chi connectivity index (χ0) is 13.9. The summed E-state index contributed by atoms with van der Waals surface area (Å²) in [5, 5.41) is 7.22. The van der Waals surface area contributed by atoms with E-state index in [1.807, 2.05) is 30.3 Å². The summed E-state index contributed by atoms with van der Waals surface area (Å²) in [6.07, 6.45) is 6.34. The van der Waals surface area contributed by atoms with E-state index in [4.69, 9.17) is 5.73 Å². The van der Waals surface area contributed by atoms with Crippen LogP contribution in [0, 0.1) is 0 Å². The van der Waals surface area contributed by atoms with Gasteiger partial charge in [-0.05, 0) is 31.4 Å². The highest BCUT2D eigenvalue weighted by atomic mass is 16.1. The van der Waals surface area contributed by atoms with E-state index in [0.29, 0.717) is 5.56 Å². The molecule has 0 aliphatic heterocycles. The molecule has 3 N–H and O–H groups in total. The van der Waals surface area contributed by atoms with Crippen molar-refractivity contribution in [2.45, 2.75) is 31.3 Å². The first-order chi connectivity index (χ1) is 9.74. The smallest absolute Gasteiger partial charge is 0.254 e. The average Bonchev–Trinajstić information content (AvgIpc) is 3.10. The summed E-state index contributed by atoms with van der Waals surface area (Å²) < 4.78 is 1.70. The minimum atomic E-state index is -0.102. The summed E-state index contributed by atoms with van der Waals surface area (Å²) in [5.74, 6) is -0.102. The molecule has 1 fully saturated rings. The number of nitrogens with two attached hydrogens (primary N) is 1. The van der Waals surface area contributed by atoms with E-state index in [2.05, 4.69) is 10.4 Å². The van der Waals surface area contributed by atoms with Gasteiger partial charge in [0.05, 0.1) is 17.4 Å². The summed E-state index contributed by atoms with van der Waals surface area (Å²) in [5.41, 5.74) is 7.46. The molecule has 1 aromatic heterocycles. The van der Waals surface area contributed by atoms with Gasteiger partial charge < -0.3 is 11.1 Å². The van der Waals surface area contributed by atoms with Crippen LogP contribution in [-0.4, -0.2) is 27.8 Å². The van der Waals surface area contributed by atoms with Crippen LogP contribution in [-0.2, 0) is 0 Å². The van der Waals surface area contributed by atoms with Crippen molar-refractivity contribution in [1.29, 1.82) is 0 Å². The minimum Gasteiger partial charge on any atom is -0.348 e. The van der Waals surface area contributed by atoms with Crippen LogP contribution in [0.5, 0.6) is 0 Å². The molecule has 2 aromatic rings. The maximum absolute atomic E-state index is 12.2.